The van der Waals surface area contributed by atoms with E-state index in [2.05, 4.69) is 0 Å². The first kappa shape index (κ1) is 8.85. The van der Waals surface area contributed by atoms with Crippen molar-refractivity contribution in [2.45, 2.75) is 52.2 Å². The van der Waals surface area contributed by atoms with Gasteiger partial charge in [0.1, 0.15) is 5.60 Å². The fraction of sp³-hybridized carbons (Fsp3) is 0.900. The summed E-state index contributed by atoms with van der Waals surface area (Å²) in [5, 5.41) is 0. The SMILES string of the molecule is [2H]C1CCC(C)N1C(=O)OC(C)(C)C. The molecule has 13 heavy (non-hydrogen) atoms. The van der Waals surface area contributed by atoms with Crippen LogP contribution >= 0.6 is 0 Å². The Morgan fingerprint density at radius 3 is 2.62 bits per heavy atom. The molecule has 0 aromatic heterocycles. The van der Waals surface area contributed by atoms with Crippen LogP contribution in [-0.2, 0) is 4.74 Å². The molecule has 0 aromatic rings. The average Bonchev–Trinajstić information content (AvgIpc) is 2.27. The Morgan fingerprint density at radius 2 is 2.23 bits per heavy atom. The Labute approximate surface area is 81.5 Å². The van der Waals surface area contributed by atoms with Crippen LogP contribution < -0.4 is 0 Å². The molecule has 76 valence electrons. The number of hydrogen-bond donors (Lipinski definition) is 0. The summed E-state index contributed by atoms with van der Waals surface area (Å²) in [7, 11) is 0. The van der Waals surface area contributed by atoms with E-state index in [1.54, 1.807) is 0 Å². The van der Waals surface area contributed by atoms with Crippen molar-refractivity contribution in [3.8, 4) is 0 Å². The van der Waals surface area contributed by atoms with Gasteiger partial charge in [0.15, 0.2) is 0 Å². The van der Waals surface area contributed by atoms with Crippen molar-refractivity contribution >= 4 is 6.09 Å². The minimum Gasteiger partial charge on any atom is -0.444 e. The monoisotopic (exact) mass is 186 g/mol. The maximum atomic E-state index is 11.7. The molecule has 1 aliphatic heterocycles. The number of amides is 1. The van der Waals surface area contributed by atoms with Crippen molar-refractivity contribution in [2.24, 2.45) is 0 Å². The van der Waals surface area contributed by atoms with Crippen molar-refractivity contribution in [2.75, 3.05) is 6.52 Å². The smallest absolute Gasteiger partial charge is 0.410 e. The van der Waals surface area contributed by atoms with E-state index in [9.17, 15) is 4.79 Å². The number of carbonyl (C=O) groups excluding carboxylic acids is 1. The van der Waals surface area contributed by atoms with Crippen LogP contribution in [-0.4, -0.2) is 29.2 Å². The summed E-state index contributed by atoms with van der Waals surface area (Å²) in [4.78, 5) is 13.2. The van der Waals surface area contributed by atoms with Crippen LogP contribution in [0.1, 0.15) is 41.9 Å². The molecule has 0 radical (unpaired) electrons. The Kier molecular flexibility index (Phi) is 2.42. The van der Waals surface area contributed by atoms with Gasteiger partial charge >= 0.3 is 6.09 Å². The average molecular weight is 186 g/mol. The van der Waals surface area contributed by atoms with E-state index in [-0.39, 0.29) is 12.1 Å². The zero-order chi connectivity index (χ0) is 10.9. The number of likely N-dealkylation sites (tertiary alicyclic amines) is 1. The maximum absolute atomic E-state index is 11.7. The van der Waals surface area contributed by atoms with Crippen LogP contribution in [0.2, 0.25) is 0 Å². The zero-order valence-corrected chi connectivity index (χ0v) is 8.83. The van der Waals surface area contributed by atoms with Crippen LogP contribution in [0.25, 0.3) is 0 Å². The lowest BCUT2D eigenvalue weighted by molar-refractivity contribution is 0.0239. The van der Waals surface area contributed by atoms with E-state index in [1.165, 1.54) is 4.90 Å². The fourth-order valence-electron chi connectivity index (χ4n) is 1.34. The predicted octanol–water partition coefficient (Wildman–Crippen LogP) is 2.41. The summed E-state index contributed by atoms with van der Waals surface area (Å²) in [6.45, 7) is 7.04. The van der Waals surface area contributed by atoms with Gasteiger partial charge in [0.25, 0.3) is 0 Å². The summed E-state index contributed by atoms with van der Waals surface area (Å²) in [5.41, 5.74) is -0.473. The molecular formula is C10H19NO2. The molecular weight excluding hydrogens is 166 g/mol. The Hall–Kier alpha value is -0.730. The third-order valence-electron chi connectivity index (χ3n) is 1.99. The van der Waals surface area contributed by atoms with Gasteiger partial charge in [-0.2, -0.15) is 0 Å². The van der Waals surface area contributed by atoms with Gasteiger partial charge in [-0.1, -0.05) is 0 Å². The van der Waals surface area contributed by atoms with Crippen LogP contribution in [0, 0.1) is 0 Å². The quantitative estimate of drug-likeness (QED) is 0.581. The van der Waals surface area contributed by atoms with Gasteiger partial charge in [-0.05, 0) is 40.5 Å². The highest BCUT2D eigenvalue weighted by Gasteiger charge is 2.28. The second kappa shape index (κ2) is 3.56. The van der Waals surface area contributed by atoms with Crippen LogP contribution in [0.15, 0.2) is 0 Å². The van der Waals surface area contributed by atoms with E-state index in [0.717, 1.165) is 12.8 Å². The topological polar surface area (TPSA) is 29.5 Å². The van der Waals surface area contributed by atoms with Gasteiger partial charge < -0.3 is 9.64 Å². The first-order valence-corrected chi connectivity index (χ1v) is 4.75. The lowest BCUT2D eigenvalue weighted by Gasteiger charge is -2.26. The minimum atomic E-state index is -0.473. The second-order valence-electron chi connectivity index (χ2n) is 4.50. The third kappa shape index (κ3) is 2.90. The Balaban J connectivity index is 2.60. The predicted molar refractivity (Wildman–Crippen MR) is 51.6 cm³/mol. The fourth-order valence-corrected chi connectivity index (χ4v) is 1.34. The third-order valence-corrected chi connectivity index (χ3v) is 1.99. The molecule has 0 aromatic carbocycles. The van der Waals surface area contributed by atoms with Crippen LogP contribution in [0.3, 0.4) is 0 Å². The molecule has 0 N–H and O–H groups in total. The van der Waals surface area contributed by atoms with E-state index in [0.29, 0.717) is 0 Å². The summed E-state index contributed by atoms with van der Waals surface area (Å²) in [5.74, 6) is 0. The summed E-state index contributed by atoms with van der Waals surface area (Å²) < 4.78 is 12.9. The molecule has 1 rings (SSSR count). The molecule has 1 aliphatic rings. The molecule has 0 spiro atoms. The van der Waals surface area contributed by atoms with Gasteiger partial charge in [-0.15, -0.1) is 0 Å². The Bertz CT molecular complexity index is 215. The highest BCUT2D eigenvalue weighted by atomic mass is 16.6. The number of hydrogen-bond acceptors (Lipinski definition) is 2. The van der Waals surface area contributed by atoms with E-state index < -0.39 is 12.1 Å². The molecule has 3 nitrogen and oxygen atoms in total. The van der Waals surface area contributed by atoms with Crippen LogP contribution in [0.4, 0.5) is 4.79 Å². The van der Waals surface area contributed by atoms with Crippen molar-refractivity contribution < 1.29 is 10.9 Å². The molecule has 3 heteroatoms. The first-order chi connectivity index (χ1) is 6.31. The standard InChI is InChI=1S/C10H19NO2/c1-8-6-5-7-11(8)9(12)13-10(2,3)4/h8H,5-7H2,1-4H3/i7D. The lowest BCUT2D eigenvalue weighted by atomic mass is 10.2. The summed E-state index contributed by atoms with van der Waals surface area (Å²) >= 11 is 0. The molecule has 1 amide bonds. The largest absolute Gasteiger partial charge is 0.444 e. The normalized spacial score (nSPS) is 30.2. The second-order valence-corrected chi connectivity index (χ2v) is 4.50. The van der Waals surface area contributed by atoms with Crippen molar-refractivity contribution in [3.63, 3.8) is 0 Å². The zero-order valence-electron chi connectivity index (χ0n) is 9.83. The first-order valence-electron chi connectivity index (χ1n) is 5.32. The van der Waals surface area contributed by atoms with Crippen molar-refractivity contribution in [1.29, 1.82) is 0 Å². The van der Waals surface area contributed by atoms with Crippen molar-refractivity contribution in [3.05, 3.63) is 0 Å². The molecule has 1 fully saturated rings. The lowest BCUT2D eigenvalue weighted by Crippen LogP contribution is -2.38. The van der Waals surface area contributed by atoms with Crippen LogP contribution in [0.5, 0.6) is 0 Å². The molecule has 0 bridgehead atoms. The number of nitrogens with zero attached hydrogens (tertiary/aromatic N) is 1. The molecule has 0 aliphatic carbocycles. The molecule has 2 unspecified atom stereocenters. The van der Waals surface area contributed by atoms with Gasteiger partial charge in [0.05, 0.1) is 0 Å². The van der Waals surface area contributed by atoms with Gasteiger partial charge in [-0.25, -0.2) is 4.79 Å². The maximum Gasteiger partial charge on any atom is 0.410 e. The minimum absolute atomic E-state index is 0.132. The van der Waals surface area contributed by atoms with Crippen molar-refractivity contribution in [1.82, 2.24) is 4.90 Å². The van der Waals surface area contributed by atoms with E-state index in [1.807, 2.05) is 27.7 Å². The number of carbonyl (C=O) groups is 1. The molecule has 1 saturated heterocycles. The Morgan fingerprint density at radius 1 is 1.62 bits per heavy atom. The highest BCUT2D eigenvalue weighted by molar-refractivity contribution is 5.68. The highest BCUT2D eigenvalue weighted by Crippen LogP contribution is 2.19. The van der Waals surface area contributed by atoms with Gasteiger partial charge in [0.2, 0.25) is 0 Å². The summed E-state index contributed by atoms with van der Waals surface area (Å²) in [6.07, 6.45) is 1.29. The molecule has 1 heterocycles. The number of ether oxygens (including phenoxy) is 1. The van der Waals surface area contributed by atoms with Gasteiger partial charge in [-0.3, -0.25) is 0 Å². The van der Waals surface area contributed by atoms with E-state index >= 15 is 0 Å². The summed E-state index contributed by atoms with van der Waals surface area (Å²) in [6, 6.07) is 0.132. The van der Waals surface area contributed by atoms with E-state index in [4.69, 9.17) is 6.11 Å². The van der Waals surface area contributed by atoms with Gasteiger partial charge in [0, 0.05) is 13.9 Å². The number of rotatable bonds is 0. The molecule has 2 atom stereocenters. The molecule has 0 saturated carbocycles.